The maximum Gasteiger partial charge on any atom is 0.0946 e. The highest BCUT2D eigenvalue weighted by atomic mass is 15.1. The Morgan fingerprint density at radius 3 is 2.76 bits per heavy atom. The molecule has 1 aliphatic rings. The van der Waals surface area contributed by atoms with Crippen molar-refractivity contribution in [3.63, 3.8) is 0 Å². The van der Waals surface area contributed by atoms with Gasteiger partial charge in [-0.05, 0) is 31.1 Å². The Kier molecular flexibility index (Phi) is 3.57. The van der Waals surface area contributed by atoms with Gasteiger partial charge in [0.25, 0.3) is 0 Å². The van der Waals surface area contributed by atoms with Gasteiger partial charge in [0.15, 0.2) is 0 Å². The molecule has 1 aliphatic carbocycles. The van der Waals surface area contributed by atoms with Crippen LogP contribution in [-0.2, 0) is 6.54 Å². The Balaban J connectivity index is 1.85. The average molecular weight is 235 g/mol. The van der Waals surface area contributed by atoms with E-state index in [1.165, 1.54) is 12.8 Å². The SMILES string of the molecule is CC(Cn1ccnc1)NC1CC(C)(C)CC1C. The van der Waals surface area contributed by atoms with E-state index in [4.69, 9.17) is 0 Å². The number of nitrogens with one attached hydrogen (secondary N) is 1. The smallest absolute Gasteiger partial charge is 0.0946 e. The van der Waals surface area contributed by atoms with Crippen LogP contribution in [0.2, 0.25) is 0 Å². The summed E-state index contributed by atoms with van der Waals surface area (Å²) in [6.07, 6.45) is 8.39. The fourth-order valence-corrected chi connectivity index (χ4v) is 3.25. The molecule has 0 bridgehead atoms. The summed E-state index contributed by atoms with van der Waals surface area (Å²) >= 11 is 0. The first-order valence-electron chi connectivity index (χ1n) is 6.68. The van der Waals surface area contributed by atoms with Crippen molar-refractivity contribution in [2.45, 2.75) is 59.2 Å². The van der Waals surface area contributed by atoms with Gasteiger partial charge in [-0.25, -0.2) is 4.98 Å². The highest BCUT2D eigenvalue weighted by Gasteiger charge is 2.36. The lowest BCUT2D eigenvalue weighted by Gasteiger charge is -2.23. The fraction of sp³-hybridized carbons (Fsp3) is 0.786. The molecule has 17 heavy (non-hydrogen) atoms. The number of rotatable bonds is 4. The molecular formula is C14H25N3. The predicted octanol–water partition coefficient (Wildman–Crippen LogP) is 2.69. The lowest BCUT2D eigenvalue weighted by Crippen LogP contribution is -2.40. The summed E-state index contributed by atoms with van der Waals surface area (Å²) in [5.41, 5.74) is 0.506. The number of hydrogen-bond donors (Lipinski definition) is 1. The highest BCUT2D eigenvalue weighted by molar-refractivity contribution is 4.92. The average Bonchev–Trinajstić information content (AvgIpc) is 2.75. The fourth-order valence-electron chi connectivity index (χ4n) is 3.25. The molecule has 0 radical (unpaired) electrons. The molecule has 96 valence electrons. The van der Waals surface area contributed by atoms with Gasteiger partial charge in [-0.2, -0.15) is 0 Å². The molecule has 3 unspecified atom stereocenters. The molecule has 3 heteroatoms. The summed E-state index contributed by atoms with van der Waals surface area (Å²) in [6, 6.07) is 1.18. The summed E-state index contributed by atoms with van der Waals surface area (Å²) in [5, 5.41) is 3.77. The van der Waals surface area contributed by atoms with Gasteiger partial charge < -0.3 is 9.88 Å². The van der Waals surface area contributed by atoms with Crippen molar-refractivity contribution in [1.82, 2.24) is 14.9 Å². The molecule has 0 aliphatic heterocycles. The van der Waals surface area contributed by atoms with Gasteiger partial charge in [-0.1, -0.05) is 20.8 Å². The zero-order chi connectivity index (χ0) is 12.5. The Morgan fingerprint density at radius 1 is 1.47 bits per heavy atom. The van der Waals surface area contributed by atoms with Crippen LogP contribution in [0.25, 0.3) is 0 Å². The van der Waals surface area contributed by atoms with Crippen molar-refractivity contribution in [3.05, 3.63) is 18.7 Å². The third kappa shape index (κ3) is 3.32. The third-order valence-electron chi connectivity index (χ3n) is 3.88. The number of imidazole rings is 1. The first-order valence-corrected chi connectivity index (χ1v) is 6.68. The van der Waals surface area contributed by atoms with E-state index in [-0.39, 0.29) is 0 Å². The van der Waals surface area contributed by atoms with Crippen LogP contribution in [0.5, 0.6) is 0 Å². The van der Waals surface area contributed by atoms with Crippen LogP contribution in [0.1, 0.15) is 40.5 Å². The monoisotopic (exact) mass is 235 g/mol. The van der Waals surface area contributed by atoms with Crippen LogP contribution >= 0.6 is 0 Å². The highest BCUT2D eigenvalue weighted by Crippen LogP contribution is 2.40. The van der Waals surface area contributed by atoms with E-state index in [9.17, 15) is 0 Å². The van der Waals surface area contributed by atoms with Crippen LogP contribution in [0.15, 0.2) is 18.7 Å². The van der Waals surface area contributed by atoms with Gasteiger partial charge in [0.1, 0.15) is 0 Å². The van der Waals surface area contributed by atoms with Crippen molar-refractivity contribution in [1.29, 1.82) is 0 Å². The van der Waals surface area contributed by atoms with E-state index in [0.29, 0.717) is 17.5 Å². The van der Waals surface area contributed by atoms with Gasteiger partial charge in [0, 0.05) is 31.0 Å². The Bertz CT molecular complexity index is 342. The summed E-state index contributed by atoms with van der Waals surface area (Å²) in [5.74, 6) is 0.787. The van der Waals surface area contributed by atoms with Crippen molar-refractivity contribution in [2.75, 3.05) is 0 Å². The number of nitrogens with zero attached hydrogens (tertiary/aromatic N) is 2. The minimum atomic E-state index is 0.505. The molecule has 1 aromatic heterocycles. The molecule has 1 saturated carbocycles. The van der Waals surface area contributed by atoms with Crippen LogP contribution in [-0.4, -0.2) is 21.6 Å². The second-order valence-electron chi connectivity index (χ2n) is 6.48. The van der Waals surface area contributed by atoms with Crippen molar-refractivity contribution in [3.8, 4) is 0 Å². The largest absolute Gasteiger partial charge is 0.336 e. The normalized spacial score (nSPS) is 29.4. The Morgan fingerprint density at radius 2 is 2.24 bits per heavy atom. The number of hydrogen-bond acceptors (Lipinski definition) is 2. The summed E-state index contributed by atoms with van der Waals surface area (Å²) in [7, 11) is 0. The van der Waals surface area contributed by atoms with Crippen LogP contribution in [0.4, 0.5) is 0 Å². The minimum Gasteiger partial charge on any atom is -0.336 e. The second-order valence-corrected chi connectivity index (χ2v) is 6.48. The van der Waals surface area contributed by atoms with Gasteiger partial charge in [0.2, 0.25) is 0 Å². The van der Waals surface area contributed by atoms with E-state index in [2.05, 4.69) is 42.6 Å². The lowest BCUT2D eigenvalue weighted by atomic mass is 9.91. The van der Waals surface area contributed by atoms with Crippen molar-refractivity contribution < 1.29 is 0 Å². The zero-order valence-electron chi connectivity index (χ0n) is 11.5. The molecule has 0 aromatic carbocycles. The van der Waals surface area contributed by atoms with Gasteiger partial charge in [0.05, 0.1) is 6.33 Å². The molecule has 0 spiro atoms. The molecule has 1 heterocycles. The first-order chi connectivity index (χ1) is 7.96. The predicted molar refractivity (Wildman–Crippen MR) is 70.8 cm³/mol. The minimum absolute atomic E-state index is 0.505. The summed E-state index contributed by atoms with van der Waals surface area (Å²) in [6.45, 7) is 10.4. The topological polar surface area (TPSA) is 29.9 Å². The van der Waals surface area contributed by atoms with E-state index >= 15 is 0 Å². The van der Waals surface area contributed by atoms with E-state index in [1.807, 2.05) is 18.7 Å². The van der Waals surface area contributed by atoms with Crippen molar-refractivity contribution >= 4 is 0 Å². The van der Waals surface area contributed by atoms with Crippen LogP contribution < -0.4 is 5.32 Å². The van der Waals surface area contributed by atoms with Crippen LogP contribution in [0, 0.1) is 11.3 Å². The molecule has 1 N–H and O–H groups in total. The van der Waals surface area contributed by atoms with Gasteiger partial charge >= 0.3 is 0 Å². The van der Waals surface area contributed by atoms with Gasteiger partial charge in [-0.3, -0.25) is 0 Å². The third-order valence-corrected chi connectivity index (χ3v) is 3.88. The number of aromatic nitrogens is 2. The Hall–Kier alpha value is -0.830. The standard InChI is InChI=1S/C14H25N3/c1-11-7-14(3,4)8-13(11)16-12(2)9-17-6-5-15-10-17/h5-6,10-13,16H,7-9H2,1-4H3. The summed E-state index contributed by atoms with van der Waals surface area (Å²) in [4.78, 5) is 4.08. The quantitative estimate of drug-likeness (QED) is 0.869. The van der Waals surface area contributed by atoms with Crippen molar-refractivity contribution in [2.24, 2.45) is 11.3 Å². The van der Waals surface area contributed by atoms with E-state index < -0.39 is 0 Å². The van der Waals surface area contributed by atoms with Crippen LogP contribution in [0.3, 0.4) is 0 Å². The molecule has 2 rings (SSSR count). The van der Waals surface area contributed by atoms with E-state index in [1.54, 1.807) is 0 Å². The Labute approximate surface area is 105 Å². The van der Waals surface area contributed by atoms with Gasteiger partial charge in [-0.15, -0.1) is 0 Å². The molecule has 1 aromatic rings. The molecule has 0 saturated heterocycles. The molecular weight excluding hydrogens is 210 g/mol. The summed E-state index contributed by atoms with van der Waals surface area (Å²) < 4.78 is 2.14. The van der Waals surface area contributed by atoms with E-state index in [0.717, 1.165) is 12.5 Å². The molecule has 1 fully saturated rings. The molecule has 3 atom stereocenters. The molecule has 0 amide bonds. The zero-order valence-corrected chi connectivity index (χ0v) is 11.5. The lowest BCUT2D eigenvalue weighted by molar-refractivity contribution is 0.344. The second kappa shape index (κ2) is 4.81. The molecule has 3 nitrogen and oxygen atoms in total. The maximum atomic E-state index is 4.08. The first kappa shape index (κ1) is 12.6. The maximum absolute atomic E-state index is 4.08.